The Labute approximate surface area is 220 Å². The fourth-order valence-corrected chi connectivity index (χ4v) is 4.75. The highest BCUT2D eigenvalue weighted by atomic mass is 16.7. The smallest absolute Gasteiger partial charge is 0.251 e. The van der Waals surface area contributed by atoms with Crippen LogP contribution in [0.3, 0.4) is 0 Å². The van der Waals surface area contributed by atoms with Gasteiger partial charge >= 0.3 is 0 Å². The summed E-state index contributed by atoms with van der Waals surface area (Å²) < 4.78 is 12.1. The maximum Gasteiger partial charge on any atom is 0.251 e. The number of ether oxygens (including phenoxy) is 2. The summed E-state index contributed by atoms with van der Waals surface area (Å²) >= 11 is 0. The summed E-state index contributed by atoms with van der Waals surface area (Å²) in [5.41, 5.74) is 2.77. The minimum Gasteiger partial charge on any atom is -0.391 e. The lowest BCUT2D eigenvalue weighted by Gasteiger charge is -2.42. The molecule has 0 radical (unpaired) electrons. The van der Waals surface area contributed by atoms with Crippen molar-refractivity contribution in [2.45, 2.75) is 83.8 Å². The second kappa shape index (κ2) is 14.9. The molecule has 4 unspecified atom stereocenters. The number of carbonyl (C=O) groups is 2. The molecule has 5 atom stereocenters. The Morgan fingerprint density at radius 3 is 2.43 bits per heavy atom. The van der Waals surface area contributed by atoms with E-state index >= 15 is 0 Å². The fourth-order valence-electron chi connectivity index (χ4n) is 4.75. The summed E-state index contributed by atoms with van der Waals surface area (Å²) in [6, 6.07) is 17.1. The third-order valence-electron chi connectivity index (χ3n) is 6.88. The van der Waals surface area contributed by atoms with Gasteiger partial charge in [-0.1, -0.05) is 75.6 Å². The molecule has 0 aromatic heterocycles. The standard InChI is InChI=1S/C30H42N2O5/c1-4-5-6-10-19-36-27-20-26(34)28(32-22(3)33)29(37-27)21(2)17-18-31-30(35)25-15-13-24(14-16-25)23-11-8-7-9-12-23/h7-9,11-16,21,26-29,34H,4-6,10,17-20H2,1-3H3,(H,31,35)(H,32,33)/t21?,26?,27?,28-,29?/m1/s1. The van der Waals surface area contributed by atoms with Crippen molar-refractivity contribution in [2.75, 3.05) is 13.2 Å². The normalized spacial score (nSPS) is 22.3. The van der Waals surface area contributed by atoms with E-state index in [4.69, 9.17) is 9.47 Å². The third kappa shape index (κ3) is 8.95. The molecule has 1 fully saturated rings. The number of aliphatic hydroxyl groups is 1. The number of rotatable bonds is 13. The highest BCUT2D eigenvalue weighted by Crippen LogP contribution is 2.28. The van der Waals surface area contributed by atoms with Crippen LogP contribution in [0, 0.1) is 5.92 Å². The summed E-state index contributed by atoms with van der Waals surface area (Å²) in [7, 11) is 0. The van der Waals surface area contributed by atoms with Crippen LogP contribution in [-0.4, -0.2) is 54.6 Å². The third-order valence-corrected chi connectivity index (χ3v) is 6.88. The predicted molar refractivity (Wildman–Crippen MR) is 145 cm³/mol. The monoisotopic (exact) mass is 510 g/mol. The van der Waals surface area contributed by atoms with E-state index in [-0.39, 0.29) is 17.7 Å². The van der Waals surface area contributed by atoms with Crippen LogP contribution < -0.4 is 10.6 Å². The van der Waals surface area contributed by atoms with Gasteiger partial charge in [0, 0.05) is 32.1 Å². The number of benzene rings is 2. The Bertz CT molecular complexity index is 966. The van der Waals surface area contributed by atoms with E-state index < -0.39 is 24.5 Å². The van der Waals surface area contributed by atoms with Gasteiger partial charge in [0.2, 0.25) is 5.91 Å². The second-order valence-corrected chi connectivity index (χ2v) is 9.96. The minimum absolute atomic E-state index is 0.0289. The summed E-state index contributed by atoms with van der Waals surface area (Å²) in [5, 5.41) is 16.6. The quantitative estimate of drug-likeness (QED) is 0.340. The molecule has 0 bridgehead atoms. The van der Waals surface area contributed by atoms with Gasteiger partial charge in [0.15, 0.2) is 6.29 Å². The Hall–Kier alpha value is -2.74. The molecule has 1 aliphatic rings. The van der Waals surface area contributed by atoms with E-state index in [1.165, 1.54) is 13.3 Å². The fraction of sp³-hybridized carbons (Fsp3) is 0.533. The van der Waals surface area contributed by atoms with Crippen LogP contribution in [0.1, 0.15) is 69.7 Å². The molecule has 2 aromatic rings. The van der Waals surface area contributed by atoms with Gasteiger partial charge in [-0.25, -0.2) is 0 Å². The first-order chi connectivity index (χ1) is 17.9. The van der Waals surface area contributed by atoms with Crippen LogP contribution >= 0.6 is 0 Å². The van der Waals surface area contributed by atoms with Crippen LogP contribution in [0.4, 0.5) is 0 Å². The number of nitrogens with one attached hydrogen (secondary N) is 2. The molecule has 0 spiro atoms. The highest BCUT2D eigenvalue weighted by Gasteiger charge is 2.41. The predicted octanol–water partition coefficient (Wildman–Crippen LogP) is 4.69. The van der Waals surface area contributed by atoms with Crippen LogP contribution in [0.5, 0.6) is 0 Å². The lowest BCUT2D eigenvalue weighted by molar-refractivity contribution is -0.236. The molecule has 1 heterocycles. The van der Waals surface area contributed by atoms with E-state index in [0.29, 0.717) is 31.6 Å². The Kier molecular flexibility index (Phi) is 11.6. The van der Waals surface area contributed by atoms with E-state index in [1.54, 1.807) is 0 Å². The maximum absolute atomic E-state index is 12.7. The van der Waals surface area contributed by atoms with Gasteiger partial charge in [-0.2, -0.15) is 0 Å². The van der Waals surface area contributed by atoms with E-state index in [1.807, 2.05) is 61.5 Å². The van der Waals surface area contributed by atoms with Gasteiger partial charge in [-0.15, -0.1) is 0 Å². The molecule has 1 saturated heterocycles. The molecular weight excluding hydrogens is 468 g/mol. The van der Waals surface area contributed by atoms with Crippen LogP contribution in [0.25, 0.3) is 11.1 Å². The first-order valence-corrected chi connectivity index (χ1v) is 13.5. The van der Waals surface area contributed by atoms with Crippen molar-refractivity contribution in [3.05, 3.63) is 60.2 Å². The molecule has 0 saturated carbocycles. The highest BCUT2D eigenvalue weighted by molar-refractivity contribution is 5.94. The van der Waals surface area contributed by atoms with Crippen molar-refractivity contribution in [2.24, 2.45) is 5.92 Å². The number of carbonyl (C=O) groups excluding carboxylic acids is 2. The molecule has 2 aromatic carbocycles. The molecular formula is C30H42N2O5. The number of hydrogen-bond donors (Lipinski definition) is 3. The molecule has 3 rings (SSSR count). The summed E-state index contributed by atoms with van der Waals surface area (Å²) in [6.07, 6.45) is 3.65. The largest absolute Gasteiger partial charge is 0.391 e. The van der Waals surface area contributed by atoms with Crippen molar-refractivity contribution >= 4 is 11.8 Å². The van der Waals surface area contributed by atoms with Crippen molar-refractivity contribution in [3.63, 3.8) is 0 Å². The van der Waals surface area contributed by atoms with Gasteiger partial charge in [-0.3, -0.25) is 9.59 Å². The Morgan fingerprint density at radius 1 is 1.05 bits per heavy atom. The number of aliphatic hydroxyl groups excluding tert-OH is 1. The molecule has 7 nitrogen and oxygen atoms in total. The first kappa shape index (κ1) is 28.8. The second-order valence-electron chi connectivity index (χ2n) is 9.96. The SMILES string of the molecule is CCCCCCOC1CC(O)[C@@H](NC(C)=O)C(C(C)CCNC(=O)c2ccc(-c3ccccc3)cc2)O1. The molecule has 2 amide bonds. The van der Waals surface area contributed by atoms with Gasteiger partial charge in [-0.05, 0) is 42.0 Å². The molecule has 202 valence electrons. The van der Waals surface area contributed by atoms with Crippen LogP contribution in [0.2, 0.25) is 0 Å². The lowest BCUT2D eigenvalue weighted by atomic mass is 9.88. The van der Waals surface area contributed by atoms with Crippen molar-refractivity contribution in [1.29, 1.82) is 0 Å². The minimum atomic E-state index is -0.761. The van der Waals surface area contributed by atoms with E-state index in [2.05, 4.69) is 17.6 Å². The van der Waals surface area contributed by atoms with Gasteiger partial charge in [0.05, 0.1) is 18.2 Å². The molecule has 1 aliphatic heterocycles. The van der Waals surface area contributed by atoms with Crippen molar-refractivity contribution in [3.8, 4) is 11.1 Å². The van der Waals surface area contributed by atoms with Crippen LogP contribution in [-0.2, 0) is 14.3 Å². The molecule has 7 heteroatoms. The lowest BCUT2D eigenvalue weighted by Crippen LogP contribution is -2.59. The van der Waals surface area contributed by atoms with Gasteiger partial charge in [0.25, 0.3) is 5.91 Å². The van der Waals surface area contributed by atoms with E-state index in [9.17, 15) is 14.7 Å². The zero-order valence-electron chi connectivity index (χ0n) is 22.3. The molecule has 0 aliphatic carbocycles. The van der Waals surface area contributed by atoms with E-state index in [0.717, 1.165) is 30.4 Å². The summed E-state index contributed by atoms with van der Waals surface area (Å²) in [6.45, 7) is 6.65. The summed E-state index contributed by atoms with van der Waals surface area (Å²) in [5.74, 6) is -0.377. The van der Waals surface area contributed by atoms with Gasteiger partial charge < -0.3 is 25.2 Å². The van der Waals surface area contributed by atoms with Crippen LogP contribution in [0.15, 0.2) is 54.6 Å². The molecule has 3 N–H and O–H groups in total. The van der Waals surface area contributed by atoms with Crippen molar-refractivity contribution < 1.29 is 24.2 Å². The Balaban J connectivity index is 1.52. The van der Waals surface area contributed by atoms with Gasteiger partial charge in [0.1, 0.15) is 0 Å². The number of hydrogen-bond acceptors (Lipinski definition) is 5. The van der Waals surface area contributed by atoms with Crippen molar-refractivity contribution in [1.82, 2.24) is 10.6 Å². The number of unbranched alkanes of at least 4 members (excludes halogenated alkanes) is 3. The number of amides is 2. The first-order valence-electron chi connectivity index (χ1n) is 13.5. The zero-order chi connectivity index (χ0) is 26.6. The molecule has 37 heavy (non-hydrogen) atoms. The zero-order valence-corrected chi connectivity index (χ0v) is 22.3. The summed E-state index contributed by atoms with van der Waals surface area (Å²) in [4.78, 5) is 24.5. The average Bonchev–Trinajstić information content (AvgIpc) is 2.90. The topological polar surface area (TPSA) is 96.9 Å². The average molecular weight is 511 g/mol. The Morgan fingerprint density at radius 2 is 1.76 bits per heavy atom. The maximum atomic E-state index is 12.7.